The molecule has 0 saturated carbocycles. The Labute approximate surface area is 194 Å². The average Bonchev–Trinajstić information content (AvgIpc) is 3.29. The molecule has 2 aliphatic heterocycles. The van der Waals surface area contributed by atoms with E-state index >= 15 is 0 Å². The largest absolute Gasteiger partial charge is 0.490 e. The van der Waals surface area contributed by atoms with Crippen molar-refractivity contribution in [1.82, 2.24) is 14.5 Å². The number of hydrogen-bond donors (Lipinski definition) is 2. The van der Waals surface area contributed by atoms with Crippen LogP contribution in [0.3, 0.4) is 0 Å². The van der Waals surface area contributed by atoms with Crippen molar-refractivity contribution in [1.29, 1.82) is 0 Å². The van der Waals surface area contributed by atoms with Crippen molar-refractivity contribution >= 4 is 11.7 Å². The first kappa shape index (κ1) is 25.9. The molecule has 2 saturated heterocycles. The van der Waals surface area contributed by atoms with Crippen LogP contribution in [0, 0.1) is 11.7 Å². The molecule has 0 aliphatic carbocycles. The molecule has 1 aromatic carbocycles. The van der Waals surface area contributed by atoms with Crippen molar-refractivity contribution in [3.05, 3.63) is 48.3 Å². The molecule has 1 aromatic heterocycles. The van der Waals surface area contributed by atoms with Gasteiger partial charge in [0.1, 0.15) is 17.2 Å². The second-order valence-electron chi connectivity index (χ2n) is 8.48. The highest BCUT2D eigenvalue weighted by atomic mass is 19.4. The second kappa shape index (κ2) is 11.2. The third-order valence-corrected chi connectivity index (χ3v) is 5.66. The number of carbonyl (C=O) groups is 1. The monoisotopic (exact) mass is 488 g/mol. The highest BCUT2D eigenvalue weighted by Gasteiger charge is 2.43. The molecule has 3 heterocycles. The first-order valence-electron chi connectivity index (χ1n) is 10.8. The minimum Gasteiger partial charge on any atom is -0.475 e. The number of aryl methyl sites for hydroxylation is 1. The predicted molar refractivity (Wildman–Crippen MR) is 115 cm³/mol. The smallest absolute Gasteiger partial charge is 0.475 e. The molecule has 2 atom stereocenters. The molecule has 2 fully saturated rings. The molecule has 0 amide bonds. The van der Waals surface area contributed by atoms with E-state index in [0.717, 1.165) is 44.1 Å². The van der Waals surface area contributed by atoms with Gasteiger partial charge in [0.25, 0.3) is 0 Å². The fourth-order valence-electron chi connectivity index (χ4n) is 4.01. The number of hydrogen-bond acceptors (Lipinski definition) is 6. The number of aromatic nitrogens is 2. The number of carboxylic acids is 1. The number of benzene rings is 1. The molecular formula is C22H28F4N4O4. The summed E-state index contributed by atoms with van der Waals surface area (Å²) in [6, 6.07) is 6.59. The van der Waals surface area contributed by atoms with Crippen LogP contribution >= 0.6 is 0 Å². The van der Waals surface area contributed by atoms with Gasteiger partial charge in [0, 0.05) is 50.7 Å². The molecule has 2 N–H and O–H groups in total. The van der Waals surface area contributed by atoms with Crippen molar-refractivity contribution in [2.24, 2.45) is 13.0 Å². The molecule has 4 rings (SSSR count). The summed E-state index contributed by atoms with van der Waals surface area (Å²) in [5, 5.41) is 10.5. The second-order valence-corrected chi connectivity index (χ2v) is 8.48. The zero-order valence-electron chi connectivity index (χ0n) is 18.7. The Morgan fingerprint density at radius 3 is 2.79 bits per heavy atom. The molecule has 2 unspecified atom stereocenters. The minimum absolute atomic E-state index is 0.221. The molecule has 188 valence electrons. The summed E-state index contributed by atoms with van der Waals surface area (Å²) in [6.45, 7) is 5.32. The molecule has 1 spiro atoms. The van der Waals surface area contributed by atoms with Crippen LogP contribution in [-0.2, 0) is 27.9 Å². The van der Waals surface area contributed by atoms with Crippen LogP contribution < -0.4 is 5.32 Å². The number of anilines is 1. The van der Waals surface area contributed by atoms with Crippen molar-refractivity contribution < 1.29 is 36.9 Å². The van der Waals surface area contributed by atoms with Crippen LogP contribution in [0.25, 0.3) is 0 Å². The number of carboxylic acid groups (broad SMARTS) is 1. The van der Waals surface area contributed by atoms with Crippen molar-refractivity contribution in [3.8, 4) is 0 Å². The van der Waals surface area contributed by atoms with Crippen LogP contribution in [0.4, 0.5) is 23.2 Å². The highest BCUT2D eigenvalue weighted by Crippen LogP contribution is 2.33. The van der Waals surface area contributed by atoms with Crippen LogP contribution in [0.1, 0.15) is 12.2 Å². The van der Waals surface area contributed by atoms with Crippen molar-refractivity contribution in [2.45, 2.75) is 24.7 Å². The number of aliphatic carboxylic acids is 1. The topological polar surface area (TPSA) is 88.9 Å². The van der Waals surface area contributed by atoms with Crippen molar-refractivity contribution in [2.75, 3.05) is 44.8 Å². The summed E-state index contributed by atoms with van der Waals surface area (Å²) in [4.78, 5) is 15.7. The molecule has 12 heteroatoms. The lowest BCUT2D eigenvalue weighted by Gasteiger charge is -2.31. The van der Waals surface area contributed by atoms with Gasteiger partial charge in [0.05, 0.1) is 26.4 Å². The lowest BCUT2D eigenvalue weighted by molar-refractivity contribution is -0.192. The average molecular weight is 488 g/mol. The molecule has 0 bridgehead atoms. The van der Waals surface area contributed by atoms with Gasteiger partial charge in [-0.3, -0.25) is 4.90 Å². The van der Waals surface area contributed by atoms with Crippen molar-refractivity contribution in [3.63, 3.8) is 0 Å². The third kappa shape index (κ3) is 7.40. The number of halogens is 4. The number of nitrogens with one attached hydrogen (secondary N) is 1. The number of rotatable bonds is 5. The first-order valence-corrected chi connectivity index (χ1v) is 10.8. The number of alkyl halides is 3. The molecule has 2 aromatic rings. The Balaban J connectivity index is 0.000000406. The summed E-state index contributed by atoms with van der Waals surface area (Å²) in [5.41, 5.74) is 0.542. The number of nitrogens with zero attached hydrogens (tertiary/aromatic N) is 3. The Morgan fingerprint density at radius 2 is 2.15 bits per heavy atom. The van der Waals surface area contributed by atoms with E-state index in [1.165, 1.54) is 12.1 Å². The van der Waals surface area contributed by atoms with E-state index in [-0.39, 0.29) is 11.4 Å². The minimum atomic E-state index is -5.08. The third-order valence-electron chi connectivity index (χ3n) is 5.66. The van der Waals surface area contributed by atoms with Crippen LogP contribution in [0.2, 0.25) is 0 Å². The van der Waals surface area contributed by atoms with E-state index < -0.39 is 12.1 Å². The van der Waals surface area contributed by atoms with Gasteiger partial charge in [-0.1, -0.05) is 6.07 Å². The van der Waals surface area contributed by atoms with E-state index in [9.17, 15) is 17.6 Å². The summed E-state index contributed by atoms with van der Waals surface area (Å²) >= 11 is 0. The van der Waals surface area contributed by atoms with Crippen LogP contribution in [0.5, 0.6) is 0 Å². The van der Waals surface area contributed by atoms with E-state index in [2.05, 4.69) is 19.8 Å². The Morgan fingerprint density at radius 1 is 1.38 bits per heavy atom. The maximum atomic E-state index is 13.3. The molecule has 2 aliphatic rings. The van der Waals surface area contributed by atoms with Crippen LogP contribution in [-0.4, -0.2) is 76.8 Å². The van der Waals surface area contributed by atoms with Gasteiger partial charge >= 0.3 is 12.1 Å². The normalized spacial score (nSPS) is 23.3. The number of ether oxygens (including phenoxy) is 2. The maximum Gasteiger partial charge on any atom is 0.490 e. The first-order chi connectivity index (χ1) is 16.1. The van der Waals surface area contributed by atoms with Gasteiger partial charge in [-0.15, -0.1) is 0 Å². The van der Waals surface area contributed by atoms with E-state index in [1.807, 2.05) is 25.5 Å². The fourth-order valence-corrected chi connectivity index (χ4v) is 4.01. The van der Waals surface area contributed by atoms with Crippen LogP contribution in [0.15, 0.2) is 36.7 Å². The van der Waals surface area contributed by atoms with Gasteiger partial charge in [0.15, 0.2) is 0 Å². The molecular weight excluding hydrogens is 460 g/mol. The van der Waals surface area contributed by atoms with E-state index in [1.54, 1.807) is 6.07 Å². The SMILES string of the molecule is Cn1ccnc1CN1CCOCC2(CC(CNc3cccc(F)c3)CO2)C1.O=C(O)C(F)(F)F. The summed E-state index contributed by atoms with van der Waals surface area (Å²) in [6.07, 6.45) is -0.342. The van der Waals surface area contributed by atoms with Gasteiger partial charge in [-0.2, -0.15) is 13.2 Å². The quantitative estimate of drug-likeness (QED) is 0.626. The summed E-state index contributed by atoms with van der Waals surface area (Å²) in [7, 11) is 2.02. The molecule has 0 radical (unpaired) electrons. The van der Waals surface area contributed by atoms with E-state index in [4.69, 9.17) is 19.4 Å². The van der Waals surface area contributed by atoms with Gasteiger partial charge in [-0.05, 0) is 24.6 Å². The summed E-state index contributed by atoms with van der Waals surface area (Å²) < 4.78 is 59.3. The Kier molecular flexibility index (Phi) is 8.50. The molecule has 34 heavy (non-hydrogen) atoms. The van der Waals surface area contributed by atoms with Gasteiger partial charge in [-0.25, -0.2) is 14.2 Å². The highest BCUT2D eigenvalue weighted by molar-refractivity contribution is 5.73. The van der Waals surface area contributed by atoms with Gasteiger partial charge < -0.3 is 24.5 Å². The summed E-state index contributed by atoms with van der Waals surface area (Å²) in [5.74, 6) is -1.55. The molecule has 8 nitrogen and oxygen atoms in total. The zero-order valence-corrected chi connectivity index (χ0v) is 18.7. The Hall–Kier alpha value is -2.70. The van der Waals surface area contributed by atoms with E-state index in [0.29, 0.717) is 25.7 Å². The zero-order chi connectivity index (χ0) is 24.8. The predicted octanol–water partition coefficient (Wildman–Crippen LogP) is 2.91. The lowest BCUT2D eigenvalue weighted by Crippen LogP contribution is -2.44. The fraction of sp³-hybridized carbons (Fsp3) is 0.545. The van der Waals surface area contributed by atoms with Gasteiger partial charge in [0.2, 0.25) is 0 Å². The lowest BCUT2D eigenvalue weighted by atomic mass is 9.94. The number of imidazole rings is 1. The standard InChI is InChI=1S/C20H27FN4O2.C2HF3O2/c1-24-6-5-22-19(24)12-25-7-8-26-15-20(14-25)10-16(13-27-20)11-23-18-4-2-3-17(21)9-18;3-2(4,5)1(6)7/h2-6,9,16,23H,7-8,10-15H2,1H3;(H,6,7). The maximum absolute atomic E-state index is 13.3. The Bertz CT molecular complexity index is 955.